The molecule has 2 aromatic carbocycles. The summed E-state index contributed by atoms with van der Waals surface area (Å²) in [7, 11) is 0. The predicted octanol–water partition coefficient (Wildman–Crippen LogP) is 2.43. The number of hydrogen-bond donors (Lipinski definition) is 1. The van der Waals surface area contributed by atoms with Gasteiger partial charge in [-0.1, -0.05) is 22.9 Å². The number of nitrogens with two attached hydrogens (primary N) is 1. The smallest absolute Gasteiger partial charge is 0.231 e. The van der Waals surface area contributed by atoms with Crippen molar-refractivity contribution in [2.75, 3.05) is 6.79 Å². The van der Waals surface area contributed by atoms with E-state index in [1.165, 1.54) is 5.56 Å². The Morgan fingerprint density at radius 1 is 1.09 bits per heavy atom. The average Bonchev–Trinajstić information content (AvgIpc) is 3.21. The molecule has 0 radical (unpaired) electrons. The third-order valence-electron chi connectivity index (χ3n) is 3.86. The zero-order chi connectivity index (χ0) is 15.8. The van der Waals surface area contributed by atoms with Gasteiger partial charge in [-0.05, 0) is 37.3 Å². The van der Waals surface area contributed by atoms with Crippen molar-refractivity contribution in [3.05, 3.63) is 53.7 Å². The highest BCUT2D eigenvalue weighted by Gasteiger charge is 2.19. The lowest BCUT2D eigenvalue weighted by molar-refractivity contribution is 0.174. The van der Waals surface area contributed by atoms with Crippen molar-refractivity contribution in [2.45, 2.75) is 13.5 Å². The highest BCUT2D eigenvalue weighted by atomic mass is 16.7. The number of fused-ring (bicyclic) bond motifs is 1. The number of rotatable bonds is 3. The molecule has 0 aliphatic carbocycles. The molecule has 1 aliphatic heterocycles. The van der Waals surface area contributed by atoms with E-state index in [0.29, 0.717) is 6.54 Å². The lowest BCUT2D eigenvalue weighted by atomic mass is 10.1. The molecule has 116 valence electrons. The van der Waals surface area contributed by atoms with Gasteiger partial charge < -0.3 is 15.2 Å². The van der Waals surface area contributed by atoms with E-state index in [4.69, 9.17) is 15.2 Å². The van der Waals surface area contributed by atoms with Crippen LogP contribution in [0, 0.1) is 6.92 Å². The summed E-state index contributed by atoms with van der Waals surface area (Å²) < 4.78 is 12.6. The van der Waals surface area contributed by atoms with Crippen LogP contribution in [-0.2, 0) is 6.54 Å². The molecule has 4 rings (SSSR count). The van der Waals surface area contributed by atoms with Crippen LogP contribution in [0.3, 0.4) is 0 Å². The summed E-state index contributed by atoms with van der Waals surface area (Å²) in [5.74, 6) is 1.47. The normalized spacial score (nSPS) is 12.6. The molecule has 1 aliphatic rings. The SMILES string of the molecule is Cc1ccc(-n2nnc(CN)c2-c2ccc3c(c2)OCO3)cc1. The predicted molar refractivity (Wildman–Crippen MR) is 85.5 cm³/mol. The van der Waals surface area contributed by atoms with Gasteiger partial charge >= 0.3 is 0 Å². The summed E-state index contributed by atoms with van der Waals surface area (Å²) in [6.45, 7) is 2.61. The van der Waals surface area contributed by atoms with E-state index >= 15 is 0 Å². The Labute approximate surface area is 133 Å². The summed E-state index contributed by atoms with van der Waals surface area (Å²) in [5.41, 5.74) is 10.5. The summed E-state index contributed by atoms with van der Waals surface area (Å²) >= 11 is 0. The maximum atomic E-state index is 5.84. The molecule has 1 aromatic heterocycles. The van der Waals surface area contributed by atoms with Gasteiger partial charge in [0.05, 0.1) is 11.4 Å². The number of benzene rings is 2. The molecule has 0 fully saturated rings. The molecule has 0 saturated carbocycles. The maximum Gasteiger partial charge on any atom is 0.231 e. The average molecular weight is 308 g/mol. The van der Waals surface area contributed by atoms with Gasteiger partial charge in [0.15, 0.2) is 11.5 Å². The molecule has 6 heteroatoms. The largest absolute Gasteiger partial charge is 0.454 e. The molecular formula is C17H16N4O2. The first-order valence-corrected chi connectivity index (χ1v) is 7.38. The maximum absolute atomic E-state index is 5.84. The molecule has 2 heterocycles. The Kier molecular flexibility index (Phi) is 3.24. The van der Waals surface area contributed by atoms with Crippen LogP contribution in [0.4, 0.5) is 0 Å². The Morgan fingerprint density at radius 2 is 1.87 bits per heavy atom. The lowest BCUT2D eigenvalue weighted by Gasteiger charge is -2.09. The summed E-state index contributed by atoms with van der Waals surface area (Å²) in [4.78, 5) is 0. The van der Waals surface area contributed by atoms with Crippen molar-refractivity contribution in [3.63, 3.8) is 0 Å². The zero-order valence-electron chi connectivity index (χ0n) is 12.7. The van der Waals surface area contributed by atoms with Crippen molar-refractivity contribution in [2.24, 2.45) is 5.73 Å². The molecular weight excluding hydrogens is 292 g/mol. The minimum atomic E-state index is 0.248. The van der Waals surface area contributed by atoms with Crippen molar-refractivity contribution in [3.8, 4) is 28.4 Å². The summed E-state index contributed by atoms with van der Waals surface area (Å²) in [5, 5.41) is 8.49. The van der Waals surface area contributed by atoms with E-state index < -0.39 is 0 Å². The van der Waals surface area contributed by atoms with Crippen LogP contribution in [0.2, 0.25) is 0 Å². The number of aromatic nitrogens is 3. The molecule has 0 atom stereocenters. The van der Waals surface area contributed by atoms with Crippen molar-refractivity contribution in [1.82, 2.24) is 15.0 Å². The van der Waals surface area contributed by atoms with Crippen molar-refractivity contribution < 1.29 is 9.47 Å². The Morgan fingerprint density at radius 3 is 2.65 bits per heavy atom. The lowest BCUT2D eigenvalue weighted by Crippen LogP contribution is -2.02. The quantitative estimate of drug-likeness (QED) is 0.804. The van der Waals surface area contributed by atoms with Crippen LogP contribution in [0.15, 0.2) is 42.5 Å². The third-order valence-corrected chi connectivity index (χ3v) is 3.86. The van der Waals surface area contributed by atoms with Gasteiger partial charge in [0, 0.05) is 12.1 Å². The van der Waals surface area contributed by atoms with E-state index in [1.54, 1.807) is 4.68 Å². The molecule has 0 bridgehead atoms. The minimum absolute atomic E-state index is 0.248. The van der Waals surface area contributed by atoms with Crippen molar-refractivity contribution in [1.29, 1.82) is 0 Å². The molecule has 0 unspecified atom stereocenters. The molecule has 0 amide bonds. The molecule has 23 heavy (non-hydrogen) atoms. The topological polar surface area (TPSA) is 75.2 Å². The zero-order valence-corrected chi connectivity index (χ0v) is 12.7. The Hall–Kier alpha value is -2.86. The highest BCUT2D eigenvalue weighted by Crippen LogP contribution is 2.37. The van der Waals surface area contributed by atoms with Crippen molar-refractivity contribution >= 4 is 0 Å². The first-order chi connectivity index (χ1) is 11.3. The minimum Gasteiger partial charge on any atom is -0.454 e. The molecule has 6 nitrogen and oxygen atoms in total. The molecule has 3 aromatic rings. The fourth-order valence-corrected chi connectivity index (χ4v) is 2.65. The number of hydrogen-bond acceptors (Lipinski definition) is 5. The van der Waals surface area contributed by atoms with Crippen LogP contribution in [0.1, 0.15) is 11.3 Å². The second-order valence-corrected chi connectivity index (χ2v) is 5.40. The summed E-state index contributed by atoms with van der Waals surface area (Å²) in [6.07, 6.45) is 0. The number of ether oxygens (including phenoxy) is 2. The van der Waals surface area contributed by atoms with E-state index in [-0.39, 0.29) is 6.79 Å². The monoisotopic (exact) mass is 308 g/mol. The Bertz CT molecular complexity index is 856. The fraction of sp³-hybridized carbons (Fsp3) is 0.176. The highest BCUT2D eigenvalue weighted by molar-refractivity contribution is 5.68. The van der Waals surface area contributed by atoms with E-state index in [1.807, 2.05) is 42.5 Å². The van der Waals surface area contributed by atoms with Crippen LogP contribution in [-0.4, -0.2) is 21.8 Å². The first-order valence-electron chi connectivity index (χ1n) is 7.38. The number of aryl methyl sites for hydroxylation is 1. The van der Waals surface area contributed by atoms with Crippen LogP contribution >= 0.6 is 0 Å². The fourth-order valence-electron chi connectivity index (χ4n) is 2.65. The second kappa shape index (κ2) is 5.40. The van der Waals surface area contributed by atoms with Crippen LogP contribution in [0.25, 0.3) is 16.9 Å². The van der Waals surface area contributed by atoms with Gasteiger partial charge in [0.2, 0.25) is 6.79 Å². The van der Waals surface area contributed by atoms with Gasteiger partial charge in [-0.15, -0.1) is 5.10 Å². The van der Waals surface area contributed by atoms with E-state index in [0.717, 1.165) is 34.1 Å². The van der Waals surface area contributed by atoms with Gasteiger partial charge in [-0.2, -0.15) is 0 Å². The Balaban J connectivity index is 1.87. The molecule has 0 saturated heterocycles. The number of nitrogens with zero attached hydrogens (tertiary/aromatic N) is 3. The standard InChI is InChI=1S/C17H16N4O2/c1-11-2-5-13(6-3-11)21-17(14(9-18)19-20-21)12-4-7-15-16(8-12)23-10-22-15/h2-8H,9-10,18H2,1H3. The summed E-state index contributed by atoms with van der Waals surface area (Å²) in [6, 6.07) is 13.9. The van der Waals surface area contributed by atoms with Crippen LogP contribution in [0.5, 0.6) is 11.5 Å². The third kappa shape index (κ3) is 2.33. The van der Waals surface area contributed by atoms with Gasteiger partial charge in [0.1, 0.15) is 5.69 Å². The van der Waals surface area contributed by atoms with Gasteiger partial charge in [0.25, 0.3) is 0 Å². The first kappa shape index (κ1) is 13.8. The van der Waals surface area contributed by atoms with Crippen LogP contribution < -0.4 is 15.2 Å². The van der Waals surface area contributed by atoms with Gasteiger partial charge in [-0.3, -0.25) is 0 Å². The molecule has 0 spiro atoms. The van der Waals surface area contributed by atoms with E-state index in [2.05, 4.69) is 17.2 Å². The van der Waals surface area contributed by atoms with E-state index in [9.17, 15) is 0 Å². The molecule has 2 N–H and O–H groups in total. The second-order valence-electron chi connectivity index (χ2n) is 5.40. The van der Waals surface area contributed by atoms with Gasteiger partial charge in [-0.25, -0.2) is 4.68 Å².